The van der Waals surface area contributed by atoms with Crippen LogP contribution in [0, 0.1) is 5.82 Å². The number of carbonyl (C=O) groups is 1. The Hall–Kier alpha value is -2.37. The van der Waals surface area contributed by atoms with Gasteiger partial charge in [0.2, 0.25) is 0 Å². The van der Waals surface area contributed by atoms with Crippen molar-refractivity contribution in [3.8, 4) is 5.75 Å². The number of hydrogen-bond acceptors (Lipinski definition) is 3. The first-order chi connectivity index (χ1) is 9.84. The first-order valence-electron chi connectivity index (χ1n) is 6.59. The van der Waals surface area contributed by atoms with Gasteiger partial charge in [-0.3, -0.25) is 9.89 Å². The molecule has 0 spiro atoms. The number of halogens is 1. The zero-order valence-electron chi connectivity index (χ0n) is 12.2. The average Bonchev–Trinajstić information content (AvgIpc) is 2.85. The van der Waals surface area contributed by atoms with Gasteiger partial charge in [0.05, 0.1) is 0 Å². The van der Waals surface area contributed by atoms with Crippen LogP contribution in [0.3, 0.4) is 0 Å². The Balaban J connectivity index is 1.89. The van der Waals surface area contributed by atoms with E-state index in [1.165, 1.54) is 18.2 Å². The molecule has 0 fully saturated rings. The van der Waals surface area contributed by atoms with Crippen LogP contribution in [0.5, 0.6) is 5.75 Å². The number of amides is 1. The van der Waals surface area contributed by atoms with E-state index in [9.17, 15) is 9.18 Å². The van der Waals surface area contributed by atoms with E-state index in [4.69, 9.17) is 4.74 Å². The molecule has 0 aliphatic carbocycles. The Morgan fingerprint density at radius 1 is 1.38 bits per heavy atom. The highest BCUT2D eigenvalue weighted by Crippen LogP contribution is 2.21. The number of aromatic amines is 1. The maximum atomic E-state index is 13.0. The summed E-state index contributed by atoms with van der Waals surface area (Å²) in [5, 5.41) is 9.52. The fraction of sp³-hybridized carbons (Fsp3) is 0.333. The summed E-state index contributed by atoms with van der Waals surface area (Å²) in [5.74, 6) is -0.0171. The normalized spacial score (nSPS) is 11.2. The molecule has 0 aliphatic rings. The predicted octanol–water partition coefficient (Wildman–Crippen LogP) is 2.86. The van der Waals surface area contributed by atoms with Crippen molar-refractivity contribution >= 4 is 11.7 Å². The van der Waals surface area contributed by atoms with Crippen molar-refractivity contribution in [1.82, 2.24) is 10.2 Å². The third-order valence-electron chi connectivity index (χ3n) is 2.82. The van der Waals surface area contributed by atoms with Crippen molar-refractivity contribution in [2.75, 3.05) is 11.9 Å². The minimum absolute atomic E-state index is 0.0754. The van der Waals surface area contributed by atoms with Gasteiger partial charge in [-0.25, -0.2) is 4.39 Å². The van der Waals surface area contributed by atoms with E-state index in [1.807, 2.05) is 20.8 Å². The Morgan fingerprint density at radius 3 is 2.76 bits per heavy atom. The van der Waals surface area contributed by atoms with Gasteiger partial charge in [-0.15, -0.1) is 0 Å². The number of rotatable bonds is 4. The molecule has 0 aliphatic heterocycles. The molecule has 21 heavy (non-hydrogen) atoms. The summed E-state index contributed by atoms with van der Waals surface area (Å²) in [4.78, 5) is 11.7. The zero-order chi connectivity index (χ0) is 15.5. The fourth-order valence-electron chi connectivity index (χ4n) is 1.65. The van der Waals surface area contributed by atoms with Gasteiger partial charge >= 0.3 is 0 Å². The van der Waals surface area contributed by atoms with Gasteiger partial charge in [-0.05, 0) is 12.1 Å². The molecule has 1 heterocycles. The molecule has 0 radical (unpaired) electrons. The largest absolute Gasteiger partial charge is 0.484 e. The Labute approximate surface area is 122 Å². The summed E-state index contributed by atoms with van der Waals surface area (Å²) >= 11 is 0. The van der Waals surface area contributed by atoms with Gasteiger partial charge in [-0.2, -0.15) is 5.10 Å². The van der Waals surface area contributed by atoms with E-state index in [0.717, 1.165) is 5.69 Å². The predicted molar refractivity (Wildman–Crippen MR) is 77.8 cm³/mol. The Bertz CT molecular complexity index is 632. The van der Waals surface area contributed by atoms with Crippen LogP contribution in [-0.2, 0) is 10.2 Å². The van der Waals surface area contributed by atoms with Gasteiger partial charge in [0, 0.05) is 23.2 Å². The van der Waals surface area contributed by atoms with Gasteiger partial charge in [0.25, 0.3) is 5.91 Å². The lowest BCUT2D eigenvalue weighted by Gasteiger charge is -2.14. The molecule has 1 aromatic carbocycles. The van der Waals surface area contributed by atoms with Crippen molar-refractivity contribution in [2.45, 2.75) is 26.2 Å². The van der Waals surface area contributed by atoms with E-state index in [1.54, 1.807) is 12.1 Å². The van der Waals surface area contributed by atoms with Crippen molar-refractivity contribution < 1.29 is 13.9 Å². The highest BCUT2D eigenvalue weighted by molar-refractivity contribution is 5.91. The molecule has 2 N–H and O–H groups in total. The summed E-state index contributed by atoms with van der Waals surface area (Å²) in [6, 6.07) is 7.42. The maximum Gasteiger partial charge on any atom is 0.263 e. The average molecular weight is 291 g/mol. The molecular formula is C15H18FN3O2. The summed E-state index contributed by atoms with van der Waals surface area (Å²) in [6.07, 6.45) is 0. The van der Waals surface area contributed by atoms with E-state index in [-0.39, 0.29) is 17.9 Å². The standard InChI is InChI=1S/C15H18FN3O2/c1-15(2,3)12-8-13(19-18-12)17-14(20)9-21-11-6-4-5-10(16)7-11/h4-8H,9H2,1-3H3,(H2,17,18,19,20). The molecule has 0 saturated heterocycles. The topological polar surface area (TPSA) is 67.0 Å². The van der Waals surface area contributed by atoms with E-state index >= 15 is 0 Å². The molecular weight excluding hydrogens is 273 g/mol. The van der Waals surface area contributed by atoms with Crippen LogP contribution in [0.2, 0.25) is 0 Å². The highest BCUT2D eigenvalue weighted by Gasteiger charge is 2.17. The van der Waals surface area contributed by atoms with Crippen LogP contribution in [0.4, 0.5) is 10.2 Å². The number of ether oxygens (including phenoxy) is 1. The minimum Gasteiger partial charge on any atom is -0.484 e. The van der Waals surface area contributed by atoms with Crippen molar-refractivity contribution in [1.29, 1.82) is 0 Å². The number of nitrogens with one attached hydrogen (secondary N) is 2. The second kappa shape index (κ2) is 5.95. The number of benzene rings is 1. The zero-order valence-corrected chi connectivity index (χ0v) is 12.2. The van der Waals surface area contributed by atoms with Crippen LogP contribution in [0.25, 0.3) is 0 Å². The third kappa shape index (κ3) is 4.30. The number of hydrogen-bond donors (Lipinski definition) is 2. The van der Waals surface area contributed by atoms with E-state index < -0.39 is 5.82 Å². The molecule has 5 nitrogen and oxygen atoms in total. The second-order valence-corrected chi connectivity index (χ2v) is 5.71. The SMILES string of the molecule is CC(C)(C)c1cc(NC(=O)COc2cccc(F)c2)n[nH]1. The number of aromatic nitrogens is 2. The lowest BCUT2D eigenvalue weighted by Crippen LogP contribution is -2.20. The molecule has 2 aromatic rings. The van der Waals surface area contributed by atoms with Crippen LogP contribution >= 0.6 is 0 Å². The van der Waals surface area contributed by atoms with Crippen LogP contribution < -0.4 is 10.1 Å². The third-order valence-corrected chi connectivity index (χ3v) is 2.82. The Morgan fingerprint density at radius 2 is 2.14 bits per heavy atom. The number of carbonyl (C=O) groups excluding carboxylic acids is 1. The molecule has 0 unspecified atom stereocenters. The highest BCUT2D eigenvalue weighted by atomic mass is 19.1. The number of nitrogens with zero attached hydrogens (tertiary/aromatic N) is 1. The molecule has 2 rings (SSSR count). The van der Waals surface area contributed by atoms with Gasteiger partial charge in [0.1, 0.15) is 11.6 Å². The molecule has 0 bridgehead atoms. The lowest BCUT2D eigenvalue weighted by molar-refractivity contribution is -0.118. The molecule has 112 valence electrons. The summed E-state index contributed by atoms with van der Waals surface area (Å²) in [7, 11) is 0. The fourth-order valence-corrected chi connectivity index (χ4v) is 1.65. The lowest BCUT2D eigenvalue weighted by atomic mass is 9.92. The first-order valence-corrected chi connectivity index (χ1v) is 6.59. The first kappa shape index (κ1) is 15.0. The molecule has 6 heteroatoms. The van der Waals surface area contributed by atoms with Crippen LogP contribution in [0.15, 0.2) is 30.3 Å². The van der Waals surface area contributed by atoms with Crippen LogP contribution in [0.1, 0.15) is 26.5 Å². The smallest absolute Gasteiger partial charge is 0.263 e. The second-order valence-electron chi connectivity index (χ2n) is 5.71. The van der Waals surface area contributed by atoms with Crippen molar-refractivity contribution in [2.24, 2.45) is 0 Å². The summed E-state index contributed by atoms with van der Waals surface area (Å²) < 4.78 is 18.2. The van der Waals surface area contributed by atoms with Crippen molar-refractivity contribution in [3.05, 3.63) is 41.8 Å². The maximum absolute atomic E-state index is 13.0. The van der Waals surface area contributed by atoms with E-state index in [0.29, 0.717) is 11.6 Å². The number of H-pyrrole nitrogens is 1. The number of anilines is 1. The van der Waals surface area contributed by atoms with Crippen LogP contribution in [-0.4, -0.2) is 22.7 Å². The molecule has 0 saturated carbocycles. The van der Waals surface area contributed by atoms with Gasteiger partial charge in [0.15, 0.2) is 12.4 Å². The summed E-state index contributed by atoms with van der Waals surface area (Å²) in [5.41, 5.74) is 0.845. The van der Waals surface area contributed by atoms with Gasteiger partial charge < -0.3 is 10.1 Å². The summed E-state index contributed by atoms with van der Waals surface area (Å²) in [6.45, 7) is 5.92. The molecule has 1 amide bonds. The monoisotopic (exact) mass is 291 g/mol. The minimum atomic E-state index is -0.407. The molecule has 0 atom stereocenters. The van der Waals surface area contributed by atoms with Gasteiger partial charge in [-0.1, -0.05) is 26.8 Å². The Kier molecular flexibility index (Phi) is 4.26. The van der Waals surface area contributed by atoms with Crippen molar-refractivity contribution in [3.63, 3.8) is 0 Å². The quantitative estimate of drug-likeness (QED) is 0.910. The molecule has 1 aromatic heterocycles. The van der Waals surface area contributed by atoms with E-state index in [2.05, 4.69) is 15.5 Å².